The number of anilines is 1. The first-order chi connectivity index (χ1) is 21.0. The number of carbonyl (C=O) groups excluding carboxylic acids is 1. The van der Waals surface area contributed by atoms with Crippen LogP contribution in [-0.2, 0) is 26.0 Å². The topological polar surface area (TPSA) is 158 Å². The number of nitrogens with zero attached hydrogens (tertiary/aromatic N) is 4. The Kier molecular flexibility index (Phi) is 8.61. The molecule has 0 unspecified atom stereocenters. The van der Waals surface area contributed by atoms with Crippen molar-refractivity contribution in [1.82, 2.24) is 4.31 Å². The van der Waals surface area contributed by atoms with Gasteiger partial charge in [0, 0.05) is 18.0 Å². The molecule has 1 aliphatic rings. The van der Waals surface area contributed by atoms with Crippen molar-refractivity contribution in [2.75, 3.05) is 25.4 Å². The van der Waals surface area contributed by atoms with E-state index in [2.05, 4.69) is 0 Å². The number of alkyl halides is 3. The summed E-state index contributed by atoms with van der Waals surface area (Å²) in [6, 6.07) is 10.6. The second kappa shape index (κ2) is 11.8. The molecular weight excluding hydrogens is 637 g/mol. The summed E-state index contributed by atoms with van der Waals surface area (Å²) in [5, 5.41) is 19.8. The molecule has 0 saturated carbocycles. The Balaban J connectivity index is 2.15. The number of allylic oxidation sites excluding steroid dienone is 1. The minimum Gasteiger partial charge on any atom is -0.497 e. The predicted octanol–water partition coefficient (Wildman–Crippen LogP) is 5.17. The molecule has 16 heteroatoms. The van der Waals surface area contributed by atoms with E-state index in [1.807, 2.05) is 6.07 Å². The molecule has 0 radical (unpaired) electrons. The fourth-order valence-electron chi connectivity index (χ4n) is 4.82. The number of nitriles is 2. The normalized spacial score (nSPS) is 15.8. The van der Waals surface area contributed by atoms with Crippen LogP contribution in [0.25, 0.3) is 0 Å². The minimum absolute atomic E-state index is 0.0209. The van der Waals surface area contributed by atoms with E-state index in [1.54, 1.807) is 6.07 Å². The van der Waals surface area contributed by atoms with E-state index in [9.17, 15) is 45.3 Å². The number of methoxy groups -OCH3 is 2. The summed E-state index contributed by atoms with van der Waals surface area (Å²) in [4.78, 5) is 13.8. The van der Waals surface area contributed by atoms with Crippen molar-refractivity contribution in [3.8, 4) is 23.6 Å². The zero-order chi connectivity index (χ0) is 33.5. The summed E-state index contributed by atoms with van der Waals surface area (Å²) in [5.74, 6) is -0.242. The molecule has 1 heterocycles. The molecule has 0 saturated heterocycles. The van der Waals surface area contributed by atoms with Gasteiger partial charge in [0.15, 0.2) is 9.84 Å². The predicted molar refractivity (Wildman–Crippen MR) is 153 cm³/mol. The summed E-state index contributed by atoms with van der Waals surface area (Å²) in [5.41, 5.74) is -2.78. The highest BCUT2D eigenvalue weighted by Gasteiger charge is 2.49. The van der Waals surface area contributed by atoms with E-state index < -0.39 is 64.7 Å². The van der Waals surface area contributed by atoms with Crippen LogP contribution < -0.4 is 14.4 Å². The second-order valence-electron chi connectivity index (χ2n) is 9.63. The first-order valence-corrected chi connectivity index (χ1v) is 16.0. The molecule has 11 nitrogen and oxygen atoms in total. The van der Waals surface area contributed by atoms with Gasteiger partial charge in [-0.2, -0.15) is 23.7 Å². The number of sulfonamides is 1. The molecule has 0 fully saturated rings. The zero-order valence-corrected chi connectivity index (χ0v) is 25.6. The van der Waals surface area contributed by atoms with Gasteiger partial charge >= 0.3 is 12.2 Å². The summed E-state index contributed by atoms with van der Waals surface area (Å²) in [6.07, 6.45) is -4.04. The molecule has 0 bridgehead atoms. The lowest BCUT2D eigenvalue weighted by atomic mass is 9.94. The molecule has 45 heavy (non-hydrogen) atoms. The Hall–Kier alpha value is -5.06. The van der Waals surface area contributed by atoms with Crippen LogP contribution in [0, 0.1) is 22.7 Å². The van der Waals surface area contributed by atoms with Crippen LogP contribution in [0.2, 0.25) is 0 Å². The lowest BCUT2D eigenvalue weighted by molar-refractivity contribution is -0.137. The number of ether oxygens (including phenoxy) is 2. The molecule has 3 aromatic rings. The fraction of sp³-hybridized carbons (Fsp3) is 0.207. The van der Waals surface area contributed by atoms with Crippen LogP contribution in [-0.4, -0.2) is 47.6 Å². The van der Waals surface area contributed by atoms with Crippen molar-refractivity contribution in [3.63, 3.8) is 0 Å². The second-order valence-corrected chi connectivity index (χ2v) is 13.4. The number of halogens is 3. The first kappa shape index (κ1) is 32.8. The third-order valence-corrected chi connectivity index (χ3v) is 9.82. The molecule has 3 aromatic carbocycles. The highest BCUT2D eigenvalue weighted by Crippen LogP contribution is 2.46. The number of sulfone groups is 1. The van der Waals surface area contributed by atoms with Crippen molar-refractivity contribution in [1.29, 1.82) is 10.5 Å². The first-order valence-electron chi connectivity index (χ1n) is 12.6. The quantitative estimate of drug-likeness (QED) is 0.333. The van der Waals surface area contributed by atoms with Gasteiger partial charge in [-0.05, 0) is 55.0 Å². The van der Waals surface area contributed by atoms with Crippen molar-refractivity contribution >= 4 is 31.6 Å². The van der Waals surface area contributed by atoms with E-state index in [1.165, 1.54) is 32.2 Å². The standard InChI is InChI=1S/C29H23F3N4O7S2/c1-17-23(16-34)27(22-10-8-18(15-33)12-25(22)44(4,38)39)36(45(40,41)26-14-21(42-2)9-11-24(26)43-3)28(37)35(17)20-7-5-6-19(13-20)29(30,31)32/h5-14,27H,1-4H3/t27-/m1/s1. The van der Waals surface area contributed by atoms with Gasteiger partial charge in [-0.1, -0.05) is 12.1 Å². The molecule has 0 N–H and O–H groups in total. The summed E-state index contributed by atoms with van der Waals surface area (Å²) in [6.45, 7) is 1.21. The molecule has 0 aliphatic carbocycles. The van der Waals surface area contributed by atoms with Crippen molar-refractivity contribution in [3.05, 3.63) is 88.6 Å². The zero-order valence-electron chi connectivity index (χ0n) is 23.9. The van der Waals surface area contributed by atoms with Crippen LogP contribution in [0.3, 0.4) is 0 Å². The van der Waals surface area contributed by atoms with E-state index in [0.29, 0.717) is 11.0 Å². The van der Waals surface area contributed by atoms with Gasteiger partial charge in [-0.15, -0.1) is 0 Å². The Bertz CT molecular complexity index is 2050. The number of urea groups is 1. The Morgan fingerprint density at radius 1 is 0.889 bits per heavy atom. The van der Waals surface area contributed by atoms with Crippen LogP contribution >= 0.6 is 0 Å². The average molecular weight is 661 g/mol. The number of hydrogen-bond acceptors (Lipinski definition) is 9. The lowest BCUT2D eigenvalue weighted by Crippen LogP contribution is -2.52. The maximum atomic E-state index is 14.5. The molecule has 1 aliphatic heterocycles. The number of amides is 2. The molecular formula is C29H23F3N4O7S2. The average Bonchev–Trinajstić information content (AvgIpc) is 2.99. The highest BCUT2D eigenvalue weighted by molar-refractivity contribution is 7.91. The van der Waals surface area contributed by atoms with Gasteiger partial charge in [-0.25, -0.2) is 25.9 Å². The summed E-state index contributed by atoms with van der Waals surface area (Å²) >= 11 is 0. The molecule has 0 spiro atoms. The smallest absolute Gasteiger partial charge is 0.416 e. The Morgan fingerprint density at radius 2 is 1.58 bits per heavy atom. The van der Waals surface area contributed by atoms with Crippen LogP contribution in [0.5, 0.6) is 11.5 Å². The highest BCUT2D eigenvalue weighted by atomic mass is 32.2. The van der Waals surface area contributed by atoms with Crippen molar-refractivity contribution < 1.29 is 44.3 Å². The van der Waals surface area contributed by atoms with E-state index in [-0.39, 0.29) is 32.6 Å². The van der Waals surface area contributed by atoms with Crippen molar-refractivity contribution in [2.24, 2.45) is 0 Å². The molecule has 1 atom stereocenters. The van der Waals surface area contributed by atoms with Gasteiger partial charge in [-0.3, -0.25) is 4.90 Å². The van der Waals surface area contributed by atoms with Crippen LogP contribution in [0.15, 0.2) is 81.7 Å². The molecule has 4 rings (SSSR count). The Morgan fingerprint density at radius 3 is 2.13 bits per heavy atom. The van der Waals surface area contributed by atoms with Crippen molar-refractivity contribution in [2.45, 2.75) is 28.9 Å². The number of rotatable bonds is 7. The van der Waals surface area contributed by atoms with E-state index in [0.717, 1.165) is 49.8 Å². The van der Waals surface area contributed by atoms with Crippen LogP contribution in [0.4, 0.5) is 23.7 Å². The van der Waals surface area contributed by atoms with Gasteiger partial charge < -0.3 is 9.47 Å². The SMILES string of the molecule is COc1ccc(OC)c(S(=O)(=O)N2C(=O)N(c3cccc(C(F)(F)F)c3)C(C)=C(C#N)[C@H]2c2ccc(C#N)cc2S(C)(=O)=O)c1. The largest absolute Gasteiger partial charge is 0.497 e. The van der Waals surface area contributed by atoms with E-state index in [4.69, 9.17) is 9.47 Å². The number of hydrogen-bond donors (Lipinski definition) is 0. The third-order valence-electron chi connectivity index (χ3n) is 6.91. The summed E-state index contributed by atoms with van der Waals surface area (Å²) in [7, 11) is -6.97. The lowest BCUT2D eigenvalue weighted by Gasteiger charge is -2.41. The third kappa shape index (κ3) is 5.90. The number of carbonyl (C=O) groups is 1. The Labute approximate surface area is 256 Å². The maximum absolute atomic E-state index is 14.5. The van der Waals surface area contributed by atoms with Gasteiger partial charge in [0.1, 0.15) is 22.4 Å². The molecule has 2 amide bonds. The molecule has 234 valence electrons. The number of benzene rings is 3. The maximum Gasteiger partial charge on any atom is 0.416 e. The van der Waals surface area contributed by atoms with Crippen LogP contribution in [0.1, 0.15) is 29.7 Å². The summed E-state index contributed by atoms with van der Waals surface area (Å²) < 4.78 is 106. The minimum atomic E-state index is -5.14. The van der Waals surface area contributed by atoms with Gasteiger partial charge in [0.05, 0.1) is 53.6 Å². The van der Waals surface area contributed by atoms with Gasteiger partial charge in [0.2, 0.25) is 0 Å². The van der Waals surface area contributed by atoms with Gasteiger partial charge in [0.25, 0.3) is 10.0 Å². The molecule has 0 aromatic heterocycles. The van der Waals surface area contributed by atoms with E-state index >= 15 is 0 Å². The fourth-order valence-corrected chi connectivity index (χ4v) is 7.44. The monoisotopic (exact) mass is 660 g/mol.